The normalized spacial score (nSPS) is 25.4. The van der Waals surface area contributed by atoms with E-state index in [4.69, 9.17) is 0 Å². The van der Waals surface area contributed by atoms with Crippen molar-refractivity contribution in [1.29, 1.82) is 0 Å². The van der Waals surface area contributed by atoms with Crippen LogP contribution in [0, 0.1) is 6.92 Å². The van der Waals surface area contributed by atoms with E-state index in [9.17, 15) is 9.18 Å². The molecule has 1 fully saturated rings. The number of H-pyrrole nitrogens is 1. The number of hydrogen-bond donors (Lipinski definition) is 2. The fraction of sp³-hybridized carbons (Fsp3) is 0.636. The van der Waals surface area contributed by atoms with Gasteiger partial charge >= 0.3 is 0 Å². The highest BCUT2D eigenvalue weighted by molar-refractivity contribution is 5.95. The summed E-state index contributed by atoms with van der Waals surface area (Å²) < 4.78 is 13.1. The van der Waals surface area contributed by atoms with E-state index < -0.39 is 6.17 Å². The summed E-state index contributed by atoms with van der Waals surface area (Å²) in [5.74, 6) is -0.162. The molecule has 2 rings (SSSR count). The highest BCUT2D eigenvalue weighted by atomic mass is 19.1. The van der Waals surface area contributed by atoms with Crippen molar-refractivity contribution in [3.8, 4) is 0 Å². The lowest BCUT2D eigenvalue weighted by molar-refractivity contribution is 0.0912. The third-order valence-corrected chi connectivity index (χ3v) is 3.02. The second-order valence-electron chi connectivity index (χ2n) is 4.34. The molecule has 1 heterocycles. The van der Waals surface area contributed by atoms with Crippen molar-refractivity contribution in [2.45, 2.75) is 44.8 Å². The third kappa shape index (κ3) is 2.40. The first kappa shape index (κ1) is 11.1. The molecule has 1 amide bonds. The molecule has 0 saturated heterocycles. The van der Waals surface area contributed by atoms with E-state index in [1.807, 2.05) is 0 Å². The molecule has 88 valence electrons. The number of carbonyl (C=O) groups is 1. The summed E-state index contributed by atoms with van der Waals surface area (Å²) in [5, 5.41) is 9.36. The van der Waals surface area contributed by atoms with Crippen LogP contribution in [0.4, 0.5) is 4.39 Å². The van der Waals surface area contributed by atoms with E-state index >= 15 is 0 Å². The molecule has 0 aromatic carbocycles. The minimum Gasteiger partial charge on any atom is -0.349 e. The van der Waals surface area contributed by atoms with Crippen molar-refractivity contribution in [1.82, 2.24) is 15.5 Å². The van der Waals surface area contributed by atoms with Crippen molar-refractivity contribution >= 4 is 5.91 Å². The van der Waals surface area contributed by atoms with Crippen LogP contribution < -0.4 is 5.32 Å². The molecule has 0 unspecified atom stereocenters. The van der Waals surface area contributed by atoms with Gasteiger partial charge in [0.05, 0.1) is 11.8 Å². The molecule has 2 atom stereocenters. The molecule has 2 N–H and O–H groups in total. The average molecular weight is 225 g/mol. The van der Waals surface area contributed by atoms with Crippen LogP contribution in [0.5, 0.6) is 0 Å². The predicted molar refractivity (Wildman–Crippen MR) is 57.9 cm³/mol. The predicted octanol–water partition coefficient (Wildman–Crippen LogP) is 1.73. The molecular formula is C11H16FN3O. The van der Waals surface area contributed by atoms with Crippen LogP contribution in [0.1, 0.15) is 41.7 Å². The smallest absolute Gasteiger partial charge is 0.254 e. The van der Waals surface area contributed by atoms with Crippen LogP contribution in [-0.4, -0.2) is 28.3 Å². The number of aromatic amines is 1. The number of halogens is 1. The molecular weight excluding hydrogens is 209 g/mol. The molecule has 1 saturated carbocycles. The molecule has 0 radical (unpaired) electrons. The van der Waals surface area contributed by atoms with Gasteiger partial charge in [0.25, 0.3) is 5.91 Å². The number of aryl methyl sites for hydroxylation is 1. The minimum absolute atomic E-state index is 0.0365. The van der Waals surface area contributed by atoms with E-state index in [0.717, 1.165) is 18.5 Å². The lowest BCUT2D eigenvalue weighted by atomic mass is 9.94. The van der Waals surface area contributed by atoms with E-state index in [1.54, 1.807) is 6.92 Å². The summed E-state index contributed by atoms with van der Waals surface area (Å²) in [6.07, 6.45) is 3.49. The van der Waals surface area contributed by atoms with Gasteiger partial charge in [-0.2, -0.15) is 5.10 Å². The first-order valence-corrected chi connectivity index (χ1v) is 5.61. The molecule has 0 spiro atoms. The molecule has 5 heteroatoms. The van der Waals surface area contributed by atoms with Crippen molar-refractivity contribution in [3.05, 3.63) is 17.5 Å². The highest BCUT2D eigenvalue weighted by Gasteiger charge is 2.23. The number of aromatic nitrogens is 2. The van der Waals surface area contributed by atoms with Crippen molar-refractivity contribution in [3.63, 3.8) is 0 Å². The molecule has 0 aliphatic heterocycles. The highest BCUT2D eigenvalue weighted by Crippen LogP contribution is 2.21. The summed E-state index contributed by atoms with van der Waals surface area (Å²) in [6.45, 7) is 1.79. The topological polar surface area (TPSA) is 57.8 Å². The second-order valence-corrected chi connectivity index (χ2v) is 4.34. The van der Waals surface area contributed by atoms with Crippen LogP contribution in [0.25, 0.3) is 0 Å². The zero-order chi connectivity index (χ0) is 11.5. The van der Waals surface area contributed by atoms with Gasteiger partial charge in [-0.3, -0.25) is 9.89 Å². The van der Waals surface area contributed by atoms with E-state index in [0.29, 0.717) is 18.4 Å². The fourth-order valence-corrected chi connectivity index (χ4v) is 2.10. The molecule has 1 aromatic heterocycles. The number of rotatable bonds is 2. The van der Waals surface area contributed by atoms with Crippen molar-refractivity contribution in [2.24, 2.45) is 0 Å². The van der Waals surface area contributed by atoms with Gasteiger partial charge in [0.2, 0.25) is 0 Å². The van der Waals surface area contributed by atoms with Gasteiger partial charge in [-0.15, -0.1) is 0 Å². The number of hydrogen-bond acceptors (Lipinski definition) is 2. The molecule has 1 aromatic rings. The van der Waals surface area contributed by atoms with Gasteiger partial charge < -0.3 is 5.32 Å². The SMILES string of the molecule is Cc1[nH]ncc1C(=O)N[C@H]1CCC[C@H](F)C1. The maximum Gasteiger partial charge on any atom is 0.254 e. The number of carbonyl (C=O) groups excluding carboxylic acids is 1. The second kappa shape index (κ2) is 4.63. The zero-order valence-electron chi connectivity index (χ0n) is 9.29. The summed E-state index contributed by atoms with van der Waals surface area (Å²) in [4.78, 5) is 11.8. The maximum absolute atomic E-state index is 13.1. The molecule has 1 aliphatic carbocycles. The van der Waals surface area contributed by atoms with Gasteiger partial charge in [0.15, 0.2) is 0 Å². The zero-order valence-corrected chi connectivity index (χ0v) is 9.29. The lowest BCUT2D eigenvalue weighted by Gasteiger charge is -2.25. The Kier molecular flexibility index (Phi) is 3.22. The minimum atomic E-state index is -0.774. The van der Waals surface area contributed by atoms with E-state index in [-0.39, 0.29) is 11.9 Å². The van der Waals surface area contributed by atoms with Crippen molar-refractivity contribution in [2.75, 3.05) is 0 Å². The fourth-order valence-electron chi connectivity index (χ4n) is 2.10. The summed E-state index contributed by atoms with van der Waals surface area (Å²) in [6, 6.07) is -0.0365. The lowest BCUT2D eigenvalue weighted by Crippen LogP contribution is -2.39. The Morgan fingerprint density at radius 1 is 1.62 bits per heavy atom. The van der Waals surface area contributed by atoms with E-state index in [2.05, 4.69) is 15.5 Å². The number of nitrogens with one attached hydrogen (secondary N) is 2. The van der Waals surface area contributed by atoms with Crippen molar-refractivity contribution < 1.29 is 9.18 Å². The monoisotopic (exact) mass is 225 g/mol. The quantitative estimate of drug-likeness (QED) is 0.805. The summed E-state index contributed by atoms with van der Waals surface area (Å²) >= 11 is 0. The molecule has 4 nitrogen and oxygen atoms in total. The molecule has 1 aliphatic rings. The Hall–Kier alpha value is -1.39. The van der Waals surface area contributed by atoms with Crippen LogP contribution in [0.15, 0.2) is 6.20 Å². The van der Waals surface area contributed by atoms with Crippen LogP contribution in [0.2, 0.25) is 0 Å². The Morgan fingerprint density at radius 2 is 2.44 bits per heavy atom. The number of amides is 1. The number of nitrogens with zero attached hydrogens (tertiary/aromatic N) is 1. The first-order valence-electron chi connectivity index (χ1n) is 5.61. The standard InChI is InChI=1S/C11H16FN3O/c1-7-10(6-13-15-7)11(16)14-9-4-2-3-8(12)5-9/h6,8-9H,2-5H2,1H3,(H,13,15)(H,14,16)/t8-,9-/m0/s1. The van der Waals surface area contributed by atoms with Gasteiger partial charge in [-0.25, -0.2) is 4.39 Å². The average Bonchev–Trinajstić information content (AvgIpc) is 2.64. The summed E-state index contributed by atoms with van der Waals surface area (Å²) in [7, 11) is 0. The Labute approximate surface area is 93.6 Å². The van der Waals surface area contributed by atoms with Gasteiger partial charge in [-0.1, -0.05) is 0 Å². The van der Waals surface area contributed by atoms with Gasteiger partial charge in [0, 0.05) is 11.7 Å². The Bertz CT molecular complexity index is 377. The molecule has 16 heavy (non-hydrogen) atoms. The van der Waals surface area contributed by atoms with Gasteiger partial charge in [-0.05, 0) is 32.6 Å². The van der Waals surface area contributed by atoms with Crippen LogP contribution >= 0.6 is 0 Å². The Morgan fingerprint density at radius 3 is 3.06 bits per heavy atom. The van der Waals surface area contributed by atoms with Gasteiger partial charge in [0.1, 0.15) is 6.17 Å². The number of alkyl halides is 1. The summed E-state index contributed by atoms with van der Waals surface area (Å²) in [5.41, 5.74) is 1.28. The van der Waals surface area contributed by atoms with E-state index in [1.165, 1.54) is 6.20 Å². The maximum atomic E-state index is 13.1. The largest absolute Gasteiger partial charge is 0.349 e. The van der Waals surface area contributed by atoms with Crippen LogP contribution in [0.3, 0.4) is 0 Å². The molecule has 0 bridgehead atoms. The third-order valence-electron chi connectivity index (χ3n) is 3.02. The Balaban J connectivity index is 1.95. The van der Waals surface area contributed by atoms with Crippen LogP contribution in [-0.2, 0) is 0 Å². The first-order chi connectivity index (χ1) is 7.66.